The minimum atomic E-state index is -0.584. The van der Waals surface area contributed by atoms with Crippen LogP contribution in [-0.2, 0) is 5.60 Å². The molecular weight excluding hydrogens is 158 g/mol. The summed E-state index contributed by atoms with van der Waals surface area (Å²) in [5, 5.41) is 11.8. The summed E-state index contributed by atoms with van der Waals surface area (Å²) in [6.07, 6.45) is 1.74. The van der Waals surface area contributed by atoms with Crippen LogP contribution in [0.1, 0.15) is 25.5 Å². The van der Waals surface area contributed by atoms with Gasteiger partial charge in [-0.25, -0.2) is 0 Å². The highest BCUT2D eigenvalue weighted by molar-refractivity contribution is 7.03. The van der Waals surface area contributed by atoms with E-state index in [1.54, 1.807) is 0 Å². The van der Waals surface area contributed by atoms with Gasteiger partial charge in [-0.1, -0.05) is 6.92 Å². The molecule has 1 heterocycles. The van der Waals surface area contributed by atoms with Gasteiger partial charge >= 0.3 is 0 Å². The Morgan fingerprint density at radius 1 is 1.73 bits per heavy atom. The molecule has 0 saturated heterocycles. The van der Waals surface area contributed by atoms with E-state index < -0.39 is 5.60 Å². The van der Waals surface area contributed by atoms with Crippen LogP contribution in [-0.4, -0.2) is 9.48 Å². The van der Waals surface area contributed by atoms with Gasteiger partial charge in [-0.2, -0.15) is 4.37 Å². The predicted molar refractivity (Wildman–Crippen MR) is 44.4 cm³/mol. The second-order valence-corrected chi connectivity index (χ2v) is 4.10. The van der Waals surface area contributed by atoms with Crippen molar-refractivity contribution in [3.63, 3.8) is 0 Å². The van der Waals surface area contributed by atoms with Crippen LogP contribution in [0.4, 0.5) is 0 Å². The van der Waals surface area contributed by atoms with Crippen LogP contribution in [0.15, 0.2) is 11.4 Å². The van der Waals surface area contributed by atoms with Crippen LogP contribution in [0.5, 0.6) is 0 Å². The first-order valence-corrected chi connectivity index (χ1v) is 4.68. The molecule has 1 aromatic heterocycles. The molecule has 0 aliphatic heterocycles. The van der Waals surface area contributed by atoms with Crippen LogP contribution >= 0.6 is 11.5 Å². The fourth-order valence-electron chi connectivity index (χ4n) is 1.75. The molecule has 60 valence electrons. The topological polar surface area (TPSA) is 33.1 Å². The van der Waals surface area contributed by atoms with Gasteiger partial charge in [0.25, 0.3) is 0 Å². The summed E-state index contributed by atoms with van der Waals surface area (Å²) in [7, 11) is 0. The van der Waals surface area contributed by atoms with Gasteiger partial charge in [0.2, 0.25) is 0 Å². The third-order valence-corrected chi connectivity index (χ3v) is 2.85. The van der Waals surface area contributed by atoms with E-state index in [4.69, 9.17) is 0 Å². The molecule has 1 aromatic rings. The van der Waals surface area contributed by atoms with E-state index in [0.717, 1.165) is 18.5 Å². The summed E-state index contributed by atoms with van der Waals surface area (Å²) in [6, 6.07) is 1.91. The van der Waals surface area contributed by atoms with Gasteiger partial charge in [-0.05, 0) is 36.4 Å². The molecule has 0 radical (unpaired) electrons. The minimum absolute atomic E-state index is 0.584. The smallest absolute Gasteiger partial charge is 0.108 e. The van der Waals surface area contributed by atoms with Crippen LogP contribution < -0.4 is 0 Å². The molecule has 0 atom stereocenters. The van der Waals surface area contributed by atoms with Gasteiger partial charge in [0.15, 0.2) is 0 Å². The molecule has 1 N–H and O–H groups in total. The normalized spacial score (nSPS) is 36.7. The zero-order valence-electron chi connectivity index (χ0n) is 6.45. The molecule has 1 saturated carbocycles. The first-order valence-electron chi connectivity index (χ1n) is 3.84. The maximum absolute atomic E-state index is 9.88. The van der Waals surface area contributed by atoms with Crippen molar-refractivity contribution >= 4 is 11.5 Å². The highest BCUT2D eigenvalue weighted by Gasteiger charge is 2.42. The van der Waals surface area contributed by atoms with Crippen LogP contribution in [0.2, 0.25) is 0 Å². The molecule has 1 aliphatic rings. The van der Waals surface area contributed by atoms with Gasteiger partial charge in [0.1, 0.15) is 5.60 Å². The van der Waals surface area contributed by atoms with Crippen molar-refractivity contribution in [2.45, 2.75) is 25.4 Å². The van der Waals surface area contributed by atoms with E-state index in [-0.39, 0.29) is 0 Å². The molecule has 0 aromatic carbocycles. The van der Waals surface area contributed by atoms with Crippen LogP contribution in [0.25, 0.3) is 0 Å². The Labute approximate surface area is 70.0 Å². The number of aromatic nitrogens is 1. The third kappa shape index (κ3) is 1.08. The molecule has 2 nitrogen and oxygen atoms in total. The maximum atomic E-state index is 9.88. The first-order chi connectivity index (χ1) is 5.21. The Hall–Kier alpha value is -0.410. The molecule has 0 amide bonds. The fraction of sp³-hybridized carbons (Fsp3) is 0.625. The Kier molecular flexibility index (Phi) is 1.51. The molecule has 0 bridgehead atoms. The number of nitrogens with zero attached hydrogens (tertiary/aromatic N) is 1. The number of hydrogen-bond donors (Lipinski definition) is 1. The molecule has 0 spiro atoms. The van der Waals surface area contributed by atoms with Gasteiger partial charge in [0, 0.05) is 5.38 Å². The van der Waals surface area contributed by atoms with E-state index in [0.29, 0.717) is 5.92 Å². The van der Waals surface area contributed by atoms with E-state index in [1.807, 2.05) is 11.4 Å². The molecule has 3 heteroatoms. The summed E-state index contributed by atoms with van der Waals surface area (Å²) in [5.74, 6) is 0.654. The minimum Gasteiger partial charge on any atom is -0.383 e. The van der Waals surface area contributed by atoms with Gasteiger partial charge in [0.05, 0.1) is 5.69 Å². The van der Waals surface area contributed by atoms with E-state index in [2.05, 4.69) is 11.3 Å². The average Bonchev–Trinajstić information content (AvgIpc) is 2.34. The zero-order valence-corrected chi connectivity index (χ0v) is 7.27. The summed E-state index contributed by atoms with van der Waals surface area (Å²) in [4.78, 5) is 0. The lowest BCUT2D eigenvalue weighted by atomic mass is 9.70. The highest BCUT2D eigenvalue weighted by atomic mass is 32.1. The van der Waals surface area contributed by atoms with E-state index >= 15 is 0 Å². The Bertz CT molecular complexity index is 239. The molecule has 0 unspecified atom stereocenters. The van der Waals surface area contributed by atoms with Crippen molar-refractivity contribution in [1.82, 2.24) is 4.37 Å². The van der Waals surface area contributed by atoms with Crippen molar-refractivity contribution in [3.05, 3.63) is 17.1 Å². The third-order valence-electron chi connectivity index (χ3n) is 2.29. The molecule has 1 aliphatic carbocycles. The van der Waals surface area contributed by atoms with Crippen molar-refractivity contribution in [3.8, 4) is 0 Å². The number of hydrogen-bond acceptors (Lipinski definition) is 3. The molecule has 1 fully saturated rings. The monoisotopic (exact) mass is 169 g/mol. The predicted octanol–water partition coefficient (Wildman–Crippen LogP) is 1.76. The summed E-state index contributed by atoms with van der Waals surface area (Å²) in [6.45, 7) is 2.15. The Morgan fingerprint density at radius 3 is 2.91 bits per heavy atom. The van der Waals surface area contributed by atoms with Crippen molar-refractivity contribution in [2.24, 2.45) is 5.92 Å². The number of aliphatic hydroxyl groups is 1. The maximum Gasteiger partial charge on any atom is 0.108 e. The van der Waals surface area contributed by atoms with Gasteiger partial charge < -0.3 is 5.11 Å². The van der Waals surface area contributed by atoms with Gasteiger partial charge in [-0.3, -0.25) is 0 Å². The Balaban J connectivity index is 2.18. The van der Waals surface area contributed by atoms with Crippen molar-refractivity contribution in [1.29, 1.82) is 0 Å². The highest BCUT2D eigenvalue weighted by Crippen LogP contribution is 2.44. The summed E-state index contributed by atoms with van der Waals surface area (Å²) in [5.41, 5.74) is 0.278. The SMILES string of the molecule is CC1CC(O)(c2ccsn2)C1. The van der Waals surface area contributed by atoms with Gasteiger partial charge in [-0.15, -0.1) is 0 Å². The second-order valence-electron chi connectivity index (χ2n) is 3.43. The van der Waals surface area contributed by atoms with Crippen LogP contribution in [0.3, 0.4) is 0 Å². The largest absolute Gasteiger partial charge is 0.383 e. The van der Waals surface area contributed by atoms with E-state index in [1.165, 1.54) is 11.5 Å². The fourth-order valence-corrected chi connectivity index (χ4v) is 2.35. The molecule has 11 heavy (non-hydrogen) atoms. The lowest BCUT2D eigenvalue weighted by Gasteiger charge is -2.40. The summed E-state index contributed by atoms with van der Waals surface area (Å²) < 4.78 is 4.14. The van der Waals surface area contributed by atoms with Crippen molar-refractivity contribution in [2.75, 3.05) is 0 Å². The Morgan fingerprint density at radius 2 is 2.45 bits per heavy atom. The van der Waals surface area contributed by atoms with Crippen molar-refractivity contribution < 1.29 is 5.11 Å². The second kappa shape index (κ2) is 2.29. The zero-order chi connectivity index (χ0) is 7.90. The van der Waals surface area contributed by atoms with E-state index in [9.17, 15) is 5.11 Å². The standard InChI is InChI=1S/C8H11NOS/c1-6-4-8(10,5-6)7-2-3-11-9-7/h2-3,6,10H,4-5H2,1H3. The number of rotatable bonds is 1. The lowest BCUT2D eigenvalue weighted by Crippen LogP contribution is -2.39. The molecular formula is C8H11NOS. The molecule has 2 rings (SSSR count). The summed E-state index contributed by atoms with van der Waals surface area (Å²) >= 11 is 1.41. The quantitative estimate of drug-likeness (QED) is 0.695. The average molecular weight is 169 g/mol. The lowest BCUT2D eigenvalue weighted by molar-refractivity contribution is -0.0765. The first kappa shape index (κ1) is 7.25. The van der Waals surface area contributed by atoms with Crippen LogP contribution in [0, 0.1) is 5.92 Å².